The molecule has 0 aliphatic rings. The van der Waals surface area contributed by atoms with Crippen molar-refractivity contribution in [3.05, 3.63) is 58.7 Å². The molecule has 1 aromatic carbocycles. The third-order valence-corrected chi connectivity index (χ3v) is 5.21. The second-order valence-electron chi connectivity index (χ2n) is 8.44. The van der Waals surface area contributed by atoms with Gasteiger partial charge in [-0.2, -0.15) is 0 Å². The second kappa shape index (κ2) is 11.8. The van der Waals surface area contributed by atoms with Gasteiger partial charge in [-0.05, 0) is 54.4 Å². The van der Waals surface area contributed by atoms with Crippen LogP contribution >= 0.6 is 0 Å². The number of carboxylic acids is 1. The van der Waals surface area contributed by atoms with Gasteiger partial charge in [0, 0.05) is 30.4 Å². The lowest BCUT2D eigenvalue weighted by atomic mass is 9.87. The Bertz CT molecular complexity index is 902. The van der Waals surface area contributed by atoms with Gasteiger partial charge in [0.1, 0.15) is 5.82 Å². The summed E-state index contributed by atoms with van der Waals surface area (Å²) in [6.45, 7) is 8.92. The van der Waals surface area contributed by atoms with Gasteiger partial charge in [-0.1, -0.05) is 52.0 Å². The van der Waals surface area contributed by atoms with Crippen molar-refractivity contribution in [1.82, 2.24) is 4.98 Å². The predicted octanol–water partition coefficient (Wildman–Crippen LogP) is 6.94. The Labute approximate surface area is 185 Å². The standard InChI is InChI=1S/C26H34FNO3/c1-17(2)25-21(10-8-6-7-9-11-23(29)30)24(19-12-14-20(27)15-13-19)22(16-31-5)26(28-25)18(3)4/h8,10,12-15,17-18H,6-7,9,11,16H2,1-5H3,(H,29,30). The van der Waals surface area contributed by atoms with E-state index in [0.29, 0.717) is 13.0 Å². The molecule has 0 spiro atoms. The number of unbranched alkanes of at least 4 members (excludes halogenated alkanes) is 2. The van der Waals surface area contributed by atoms with Gasteiger partial charge in [-0.25, -0.2) is 4.39 Å². The minimum Gasteiger partial charge on any atom is -0.481 e. The van der Waals surface area contributed by atoms with Crippen LogP contribution in [0.5, 0.6) is 0 Å². The number of carboxylic acid groups (broad SMARTS) is 1. The molecule has 0 radical (unpaired) electrons. The fourth-order valence-electron chi connectivity index (χ4n) is 3.74. The van der Waals surface area contributed by atoms with E-state index in [4.69, 9.17) is 14.8 Å². The van der Waals surface area contributed by atoms with E-state index in [1.165, 1.54) is 12.1 Å². The number of aliphatic carboxylic acids is 1. The molecule has 2 rings (SSSR count). The van der Waals surface area contributed by atoms with Gasteiger partial charge in [0.15, 0.2) is 0 Å². The Balaban J connectivity index is 2.62. The molecule has 0 aliphatic heterocycles. The number of hydrogen-bond acceptors (Lipinski definition) is 3. The van der Waals surface area contributed by atoms with Gasteiger partial charge in [0.2, 0.25) is 0 Å². The fourth-order valence-corrected chi connectivity index (χ4v) is 3.74. The fraction of sp³-hybridized carbons (Fsp3) is 0.462. The van der Waals surface area contributed by atoms with E-state index in [1.54, 1.807) is 7.11 Å². The van der Waals surface area contributed by atoms with E-state index < -0.39 is 5.97 Å². The topological polar surface area (TPSA) is 59.4 Å². The van der Waals surface area contributed by atoms with Crippen LogP contribution in [0.1, 0.15) is 87.7 Å². The van der Waals surface area contributed by atoms with Gasteiger partial charge in [0.05, 0.1) is 12.3 Å². The number of benzene rings is 1. The smallest absolute Gasteiger partial charge is 0.303 e. The van der Waals surface area contributed by atoms with Crippen LogP contribution in [-0.2, 0) is 16.1 Å². The van der Waals surface area contributed by atoms with Gasteiger partial charge >= 0.3 is 5.97 Å². The van der Waals surface area contributed by atoms with Gasteiger partial charge in [0.25, 0.3) is 0 Å². The summed E-state index contributed by atoms with van der Waals surface area (Å²) in [6, 6.07) is 6.58. The van der Waals surface area contributed by atoms with Crippen LogP contribution in [0.4, 0.5) is 4.39 Å². The lowest BCUT2D eigenvalue weighted by Crippen LogP contribution is -2.11. The lowest BCUT2D eigenvalue weighted by molar-refractivity contribution is -0.137. The average molecular weight is 428 g/mol. The van der Waals surface area contributed by atoms with Gasteiger partial charge in [-0.15, -0.1) is 0 Å². The summed E-state index contributed by atoms with van der Waals surface area (Å²) in [5.74, 6) is -0.604. The maximum atomic E-state index is 13.7. The number of rotatable bonds is 11. The number of hydrogen-bond donors (Lipinski definition) is 1. The first kappa shape index (κ1) is 24.7. The minimum atomic E-state index is -0.762. The molecule has 5 heteroatoms. The highest BCUT2D eigenvalue weighted by atomic mass is 19.1. The first-order valence-electron chi connectivity index (χ1n) is 11.0. The zero-order chi connectivity index (χ0) is 23.0. The van der Waals surface area contributed by atoms with E-state index in [1.807, 2.05) is 12.1 Å². The van der Waals surface area contributed by atoms with Crippen molar-refractivity contribution in [2.45, 2.75) is 71.8 Å². The average Bonchev–Trinajstić information content (AvgIpc) is 2.71. The molecule has 0 bridgehead atoms. The van der Waals surface area contributed by atoms with Crippen molar-refractivity contribution in [3.63, 3.8) is 0 Å². The van der Waals surface area contributed by atoms with Crippen LogP contribution < -0.4 is 0 Å². The third-order valence-electron chi connectivity index (χ3n) is 5.21. The van der Waals surface area contributed by atoms with E-state index in [0.717, 1.165) is 46.5 Å². The molecule has 0 fully saturated rings. The third kappa shape index (κ3) is 6.73. The molecule has 1 aromatic heterocycles. The molecule has 0 amide bonds. The Morgan fingerprint density at radius 2 is 1.74 bits per heavy atom. The Morgan fingerprint density at radius 3 is 2.29 bits per heavy atom. The lowest BCUT2D eigenvalue weighted by Gasteiger charge is -2.23. The zero-order valence-corrected chi connectivity index (χ0v) is 19.2. The first-order chi connectivity index (χ1) is 14.8. The molecule has 0 saturated carbocycles. The van der Waals surface area contributed by atoms with Crippen LogP contribution in [0.25, 0.3) is 17.2 Å². The molecule has 168 valence electrons. The van der Waals surface area contributed by atoms with Crippen molar-refractivity contribution in [2.75, 3.05) is 7.11 Å². The molecular formula is C26H34FNO3. The molecule has 4 nitrogen and oxygen atoms in total. The second-order valence-corrected chi connectivity index (χ2v) is 8.44. The molecule has 2 aromatic rings. The summed E-state index contributed by atoms with van der Waals surface area (Å²) in [6.07, 6.45) is 6.62. The van der Waals surface area contributed by atoms with Crippen LogP contribution in [0.2, 0.25) is 0 Å². The largest absolute Gasteiger partial charge is 0.481 e. The van der Waals surface area contributed by atoms with E-state index >= 15 is 0 Å². The molecule has 0 saturated heterocycles. The van der Waals surface area contributed by atoms with Crippen LogP contribution in [0.15, 0.2) is 30.3 Å². The summed E-state index contributed by atoms with van der Waals surface area (Å²) >= 11 is 0. The Hall–Kier alpha value is -2.53. The number of ether oxygens (including phenoxy) is 1. The van der Waals surface area contributed by atoms with E-state index in [-0.39, 0.29) is 24.1 Å². The van der Waals surface area contributed by atoms with Crippen molar-refractivity contribution in [3.8, 4) is 11.1 Å². The van der Waals surface area contributed by atoms with Gasteiger partial charge < -0.3 is 9.84 Å². The van der Waals surface area contributed by atoms with Crippen LogP contribution in [-0.4, -0.2) is 23.2 Å². The Kier molecular flexibility index (Phi) is 9.38. The molecule has 31 heavy (non-hydrogen) atoms. The summed E-state index contributed by atoms with van der Waals surface area (Å²) < 4.78 is 19.2. The number of aromatic nitrogens is 1. The Morgan fingerprint density at radius 1 is 1.10 bits per heavy atom. The van der Waals surface area contributed by atoms with Gasteiger partial charge in [-0.3, -0.25) is 9.78 Å². The molecule has 1 N–H and O–H groups in total. The van der Waals surface area contributed by atoms with Crippen LogP contribution in [0, 0.1) is 5.82 Å². The highest BCUT2D eigenvalue weighted by Gasteiger charge is 2.22. The monoisotopic (exact) mass is 427 g/mol. The summed E-state index contributed by atoms with van der Waals surface area (Å²) in [4.78, 5) is 15.8. The van der Waals surface area contributed by atoms with Crippen molar-refractivity contribution in [2.24, 2.45) is 0 Å². The first-order valence-corrected chi connectivity index (χ1v) is 11.0. The number of allylic oxidation sites excluding steroid dienone is 1. The molecular weight excluding hydrogens is 393 g/mol. The molecule has 1 heterocycles. The van der Waals surface area contributed by atoms with Crippen molar-refractivity contribution in [1.29, 1.82) is 0 Å². The summed E-state index contributed by atoms with van der Waals surface area (Å²) in [5.41, 5.74) is 6.03. The number of methoxy groups -OCH3 is 1. The number of nitrogens with zero attached hydrogens (tertiary/aromatic N) is 1. The summed E-state index contributed by atoms with van der Waals surface area (Å²) in [7, 11) is 1.67. The predicted molar refractivity (Wildman–Crippen MR) is 124 cm³/mol. The van der Waals surface area contributed by atoms with Crippen molar-refractivity contribution >= 4 is 12.0 Å². The normalized spacial score (nSPS) is 11.7. The SMILES string of the molecule is COCc1c(C(C)C)nc(C(C)C)c(C=CCCCCC(=O)O)c1-c1ccc(F)cc1. The highest BCUT2D eigenvalue weighted by Crippen LogP contribution is 2.37. The van der Waals surface area contributed by atoms with Crippen molar-refractivity contribution < 1.29 is 19.0 Å². The van der Waals surface area contributed by atoms with E-state index in [9.17, 15) is 9.18 Å². The molecule has 0 unspecified atom stereocenters. The summed E-state index contributed by atoms with van der Waals surface area (Å²) in [5, 5.41) is 8.81. The quantitative estimate of drug-likeness (QED) is 0.395. The molecule has 0 aliphatic carbocycles. The van der Waals surface area contributed by atoms with Crippen LogP contribution in [0.3, 0.4) is 0 Å². The minimum absolute atomic E-state index is 0.189. The molecule has 0 atom stereocenters. The zero-order valence-electron chi connectivity index (χ0n) is 19.2. The number of pyridine rings is 1. The maximum absolute atomic E-state index is 13.7. The number of carbonyl (C=O) groups is 1. The number of halogens is 1. The maximum Gasteiger partial charge on any atom is 0.303 e. The van der Waals surface area contributed by atoms with E-state index in [2.05, 4.69) is 39.8 Å². The highest BCUT2D eigenvalue weighted by molar-refractivity contribution is 5.80.